The third kappa shape index (κ3) is 6.17. The summed E-state index contributed by atoms with van der Waals surface area (Å²) in [6.07, 6.45) is 1.77. The van der Waals surface area contributed by atoms with Crippen molar-refractivity contribution in [2.75, 3.05) is 25.5 Å². The van der Waals surface area contributed by atoms with Crippen molar-refractivity contribution >= 4 is 29.3 Å². The molecular formula is C18H27N3O2S. The van der Waals surface area contributed by atoms with E-state index in [1.807, 2.05) is 24.3 Å². The molecule has 5 nitrogen and oxygen atoms in total. The summed E-state index contributed by atoms with van der Waals surface area (Å²) in [5, 5.41) is 5.48. The topological polar surface area (TPSA) is 61.4 Å². The second-order valence-corrected chi connectivity index (χ2v) is 9.14. The summed E-state index contributed by atoms with van der Waals surface area (Å²) in [5.41, 5.74) is 0.636. The predicted molar refractivity (Wildman–Crippen MR) is 99.3 cm³/mol. The minimum atomic E-state index is -0.606. The molecule has 2 amide bonds. The highest BCUT2D eigenvalue weighted by Crippen LogP contribution is 2.32. The van der Waals surface area contributed by atoms with Crippen molar-refractivity contribution in [2.45, 2.75) is 49.3 Å². The van der Waals surface area contributed by atoms with Crippen LogP contribution in [-0.2, 0) is 9.59 Å². The quantitative estimate of drug-likeness (QED) is 0.651. The molecule has 0 bridgehead atoms. The van der Waals surface area contributed by atoms with E-state index in [2.05, 4.69) is 43.4 Å². The second kappa shape index (κ2) is 8.03. The van der Waals surface area contributed by atoms with Crippen molar-refractivity contribution in [3.05, 3.63) is 24.3 Å². The van der Waals surface area contributed by atoms with Crippen molar-refractivity contribution in [2.24, 2.45) is 0 Å². The van der Waals surface area contributed by atoms with Crippen LogP contribution in [0.3, 0.4) is 0 Å². The molecule has 24 heavy (non-hydrogen) atoms. The summed E-state index contributed by atoms with van der Waals surface area (Å²) in [7, 11) is 2.06. The van der Waals surface area contributed by atoms with Gasteiger partial charge in [0, 0.05) is 21.4 Å². The van der Waals surface area contributed by atoms with Gasteiger partial charge in [-0.3, -0.25) is 9.59 Å². The number of carbonyl (C=O) groups excluding carboxylic acids is 2. The van der Waals surface area contributed by atoms with Crippen molar-refractivity contribution in [1.29, 1.82) is 0 Å². The van der Waals surface area contributed by atoms with Gasteiger partial charge < -0.3 is 15.5 Å². The van der Waals surface area contributed by atoms with Crippen LogP contribution in [0.2, 0.25) is 0 Å². The number of hydrogen-bond acceptors (Lipinski definition) is 4. The van der Waals surface area contributed by atoms with Crippen LogP contribution in [0, 0.1) is 0 Å². The lowest BCUT2D eigenvalue weighted by Crippen LogP contribution is -2.46. The Hall–Kier alpha value is -1.53. The van der Waals surface area contributed by atoms with Gasteiger partial charge in [0.1, 0.15) is 0 Å². The Bertz CT molecular complexity index is 573. The van der Waals surface area contributed by atoms with Gasteiger partial charge in [-0.1, -0.05) is 20.8 Å². The van der Waals surface area contributed by atoms with E-state index in [0.717, 1.165) is 30.8 Å². The molecule has 0 radical (unpaired) electrons. The number of amides is 2. The minimum Gasteiger partial charge on any atom is -0.345 e. The average Bonchev–Trinajstić information content (AvgIpc) is 2.50. The fraction of sp³-hybridized carbons (Fsp3) is 0.556. The third-order valence-corrected chi connectivity index (χ3v) is 4.92. The van der Waals surface area contributed by atoms with Crippen molar-refractivity contribution in [1.82, 2.24) is 10.2 Å². The van der Waals surface area contributed by atoms with E-state index in [1.54, 1.807) is 11.8 Å². The smallest absolute Gasteiger partial charge is 0.313 e. The molecule has 1 heterocycles. The number of nitrogens with one attached hydrogen (secondary N) is 2. The van der Waals surface area contributed by atoms with Crippen LogP contribution in [0.5, 0.6) is 0 Å². The van der Waals surface area contributed by atoms with Crippen LogP contribution in [0.15, 0.2) is 29.2 Å². The van der Waals surface area contributed by atoms with Crippen molar-refractivity contribution in [3.8, 4) is 0 Å². The third-order valence-electron chi connectivity index (χ3n) is 3.80. The number of carbonyl (C=O) groups is 2. The van der Waals surface area contributed by atoms with Gasteiger partial charge in [-0.15, -0.1) is 11.8 Å². The lowest BCUT2D eigenvalue weighted by molar-refractivity contribution is -0.136. The predicted octanol–water partition coefficient (Wildman–Crippen LogP) is 2.73. The first kappa shape index (κ1) is 18.8. The average molecular weight is 350 g/mol. The molecule has 1 aromatic rings. The highest BCUT2D eigenvalue weighted by Gasteiger charge is 2.22. The standard InChI is InChI=1S/C18H27N3O2S/c1-18(2,3)24-15-7-5-13(6-8-15)19-16(22)17(23)20-14-9-11-21(4)12-10-14/h5-8,14H,9-12H2,1-4H3,(H,19,22)(H,20,23). The molecule has 0 unspecified atom stereocenters. The first-order valence-electron chi connectivity index (χ1n) is 8.32. The SMILES string of the molecule is CN1CCC(NC(=O)C(=O)Nc2ccc(SC(C)(C)C)cc2)CC1. The highest BCUT2D eigenvalue weighted by atomic mass is 32.2. The number of nitrogens with zero attached hydrogens (tertiary/aromatic N) is 1. The van der Waals surface area contributed by atoms with Gasteiger partial charge in [-0.25, -0.2) is 0 Å². The van der Waals surface area contributed by atoms with E-state index in [4.69, 9.17) is 0 Å². The van der Waals surface area contributed by atoms with E-state index < -0.39 is 11.8 Å². The molecule has 1 fully saturated rings. The Morgan fingerprint density at radius 1 is 1.08 bits per heavy atom. The molecule has 1 aliphatic heterocycles. The molecule has 2 rings (SSSR count). The number of piperidine rings is 1. The fourth-order valence-electron chi connectivity index (χ4n) is 2.55. The Morgan fingerprint density at radius 2 is 1.67 bits per heavy atom. The van der Waals surface area contributed by atoms with Gasteiger partial charge in [-0.2, -0.15) is 0 Å². The molecule has 0 atom stereocenters. The van der Waals surface area contributed by atoms with Gasteiger partial charge in [0.2, 0.25) is 0 Å². The van der Waals surface area contributed by atoms with Crippen LogP contribution in [0.1, 0.15) is 33.6 Å². The Balaban J connectivity index is 1.84. The molecule has 0 saturated carbocycles. The molecule has 2 N–H and O–H groups in total. The maximum Gasteiger partial charge on any atom is 0.313 e. The molecule has 1 saturated heterocycles. The number of likely N-dealkylation sites (tertiary alicyclic amines) is 1. The highest BCUT2D eigenvalue weighted by molar-refractivity contribution is 8.00. The minimum absolute atomic E-state index is 0.0880. The number of anilines is 1. The van der Waals surface area contributed by atoms with Gasteiger partial charge >= 0.3 is 11.8 Å². The van der Waals surface area contributed by atoms with Crippen LogP contribution in [0.25, 0.3) is 0 Å². The van der Waals surface area contributed by atoms with Gasteiger partial charge in [-0.05, 0) is 57.2 Å². The molecule has 1 aromatic carbocycles. The lowest BCUT2D eigenvalue weighted by atomic mass is 10.1. The first-order valence-corrected chi connectivity index (χ1v) is 9.14. The normalized spacial score (nSPS) is 16.7. The van der Waals surface area contributed by atoms with E-state index in [1.165, 1.54) is 0 Å². The Morgan fingerprint density at radius 3 is 2.21 bits per heavy atom. The zero-order valence-corrected chi connectivity index (χ0v) is 15.7. The number of benzene rings is 1. The Labute approximate surface area is 148 Å². The number of hydrogen-bond donors (Lipinski definition) is 2. The summed E-state index contributed by atoms with van der Waals surface area (Å²) in [6, 6.07) is 7.66. The van der Waals surface area contributed by atoms with Crippen molar-refractivity contribution < 1.29 is 9.59 Å². The number of thioether (sulfide) groups is 1. The van der Waals surface area contributed by atoms with Crippen LogP contribution in [0.4, 0.5) is 5.69 Å². The molecule has 1 aliphatic rings. The van der Waals surface area contributed by atoms with Crippen molar-refractivity contribution in [3.63, 3.8) is 0 Å². The van der Waals surface area contributed by atoms with E-state index >= 15 is 0 Å². The first-order chi connectivity index (χ1) is 11.2. The summed E-state index contributed by atoms with van der Waals surface area (Å²) in [6.45, 7) is 8.35. The lowest BCUT2D eigenvalue weighted by Gasteiger charge is -2.29. The van der Waals surface area contributed by atoms with E-state index in [9.17, 15) is 9.59 Å². The molecule has 6 heteroatoms. The molecule has 132 valence electrons. The Kier molecular flexibility index (Phi) is 6.29. The number of rotatable bonds is 3. The zero-order valence-electron chi connectivity index (χ0n) is 14.9. The fourth-order valence-corrected chi connectivity index (χ4v) is 3.53. The van der Waals surface area contributed by atoms with Crippen LogP contribution >= 0.6 is 11.8 Å². The summed E-state index contributed by atoms with van der Waals surface area (Å²) >= 11 is 1.76. The summed E-state index contributed by atoms with van der Waals surface area (Å²) in [5.74, 6) is -1.16. The largest absolute Gasteiger partial charge is 0.345 e. The molecule has 0 aromatic heterocycles. The summed E-state index contributed by atoms with van der Waals surface area (Å²) < 4.78 is 0.138. The monoisotopic (exact) mass is 349 g/mol. The van der Waals surface area contributed by atoms with Gasteiger partial charge in [0.05, 0.1) is 0 Å². The van der Waals surface area contributed by atoms with Crippen LogP contribution in [-0.4, -0.2) is 47.6 Å². The second-order valence-electron chi connectivity index (χ2n) is 7.24. The zero-order chi connectivity index (χ0) is 17.7. The molecule has 0 aliphatic carbocycles. The summed E-state index contributed by atoms with van der Waals surface area (Å²) in [4.78, 5) is 27.4. The van der Waals surface area contributed by atoms with Gasteiger partial charge in [0.25, 0.3) is 0 Å². The molecular weight excluding hydrogens is 322 g/mol. The molecule has 0 spiro atoms. The van der Waals surface area contributed by atoms with Gasteiger partial charge in [0.15, 0.2) is 0 Å². The van der Waals surface area contributed by atoms with E-state index in [-0.39, 0.29) is 10.8 Å². The maximum absolute atomic E-state index is 12.0. The maximum atomic E-state index is 12.0. The van der Waals surface area contributed by atoms with E-state index in [0.29, 0.717) is 5.69 Å². The van der Waals surface area contributed by atoms with Crippen LogP contribution < -0.4 is 10.6 Å².